The molecule has 0 bridgehead atoms. The van der Waals surface area contributed by atoms with Gasteiger partial charge in [0.1, 0.15) is 11.5 Å². The van der Waals surface area contributed by atoms with Crippen LogP contribution in [-0.2, 0) is 14.4 Å². The number of anilines is 2. The second-order valence-electron chi connectivity index (χ2n) is 8.03. The van der Waals surface area contributed by atoms with E-state index in [1.807, 2.05) is 32.9 Å². The second-order valence-corrected chi connectivity index (χ2v) is 8.03. The second kappa shape index (κ2) is 12.2. The molecular formula is C27H28N4O5. The lowest BCUT2D eigenvalue weighted by atomic mass is 10.1. The smallest absolute Gasteiger partial charge is 0.329 e. The molecule has 0 fully saturated rings. The van der Waals surface area contributed by atoms with Gasteiger partial charge in [-0.15, -0.1) is 0 Å². The van der Waals surface area contributed by atoms with Crippen molar-refractivity contribution < 1.29 is 23.9 Å². The average Bonchev–Trinajstić information content (AvgIpc) is 2.85. The molecule has 3 aromatic carbocycles. The molecular weight excluding hydrogens is 460 g/mol. The first-order chi connectivity index (χ1) is 17.3. The highest BCUT2D eigenvalue weighted by molar-refractivity contribution is 6.39. The summed E-state index contributed by atoms with van der Waals surface area (Å²) < 4.78 is 10.8. The number of carbonyl (C=O) groups excluding carboxylic acids is 3. The first-order valence-electron chi connectivity index (χ1n) is 11.1. The van der Waals surface area contributed by atoms with E-state index in [1.165, 1.54) is 13.3 Å². The number of nitrogens with one attached hydrogen (secondary N) is 3. The fourth-order valence-electron chi connectivity index (χ4n) is 3.51. The van der Waals surface area contributed by atoms with E-state index in [-0.39, 0.29) is 12.5 Å². The van der Waals surface area contributed by atoms with Crippen molar-refractivity contribution in [2.45, 2.75) is 20.8 Å². The van der Waals surface area contributed by atoms with Crippen LogP contribution in [0.5, 0.6) is 11.5 Å². The lowest BCUT2D eigenvalue weighted by Crippen LogP contribution is -2.32. The van der Waals surface area contributed by atoms with E-state index >= 15 is 0 Å². The number of benzene rings is 3. The van der Waals surface area contributed by atoms with Crippen LogP contribution in [0.4, 0.5) is 11.4 Å². The number of rotatable bonds is 8. The van der Waals surface area contributed by atoms with Crippen LogP contribution in [0.25, 0.3) is 0 Å². The van der Waals surface area contributed by atoms with Crippen molar-refractivity contribution >= 4 is 35.3 Å². The molecule has 0 saturated carbocycles. The van der Waals surface area contributed by atoms with Crippen LogP contribution in [0, 0.1) is 20.8 Å². The van der Waals surface area contributed by atoms with Gasteiger partial charge < -0.3 is 20.1 Å². The number of amides is 3. The van der Waals surface area contributed by atoms with E-state index in [0.717, 1.165) is 22.4 Å². The van der Waals surface area contributed by atoms with E-state index in [2.05, 4.69) is 21.2 Å². The Balaban J connectivity index is 1.56. The number of nitrogens with zero attached hydrogens (tertiary/aromatic N) is 1. The molecule has 0 aromatic heterocycles. The van der Waals surface area contributed by atoms with Crippen LogP contribution in [-0.4, -0.2) is 37.7 Å². The Hall–Kier alpha value is -4.66. The SMILES string of the molecule is COc1cccc(NC(=O)C(=O)N/N=C\c2ccccc2OCC(=O)Nc2c(C)cc(C)cc2C)c1. The van der Waals surface area contributed by atoms with Crippen molar-refractivity contribution in [3.63, 3.8) is 0 Å². The molecule has 0 aliphatic heterocycles. The van der Waals surface area contributed by atoms with Crippen molar-refractivity contribution in [3.8, 4) is 11.5 Å². The molecule has 3 N–H and O–H groups in total. The van der Waals surface area contributed by atoms with Gasteiger partial charge in [0.2, 0.25) is 0 Å². The summed E-state index contributed by atoms with van der Waals surface area (Å²) in [5, 5.41) is 9.19. The van der Waals surface area contributed by atoms with Crippen LogP contribution < -0.4 is 25.5 Å². The summed E-state index contributed by atoms with van der Waals surface area (Å²) in [6.45, 7) is 5.66. The Kier molecular flexibility index (Phi) is 8.77. The van der Waals surface area contributed by atoms with Gasteiger partial charge in [-0.25, -0.2) is 5.43 Å². The quantitative estimate of drug-likeness (QED) is 0.254. The molecule has 0 aliphatic rings. The maximum Gasteiger partial charge on any atom is 0.329 e. The first-order valence-corrected chi connectivity index (χ1v) is 11.1. The van der Waals surface area contributed by atoms with Crippen molar-refractivity contribution in [2.75, 3.05) is 24.4 Å². The van der Waals surface area contributed by atoms with Gasteiger partial charge in [0.15, 0.2) is 6.61 Å². The number of aryl methyl sites for hydroxylation is 3. The zero-order valence-corrected chi connectivity index (χ0v) is 20.5. The normalized spacial score (nSPS) is 10.6. The zero-order valence-electron chi connectivity index (χ0n) is 20.5. The lowest BCUT2D eigenvalue weighted by Gasteiger charge is -2.14. The van der Waals surface area contributed by atoms with Crippen LogP contribution in [0.15, 0.2) is 65.8 Å². The molecule has 0 spiro atoms. The van der Waals surface area contributed by atoms with Gasteiger partial charge in [-0.3, -0.25) is 14.4 Å². The summed E-state index contributed by atoms with van der Waals surface area (Å²) in [7, 11) is 1.50. The third-order valence-corrected chi connectivity index (χ3v) is 5.12. The number of methoxy groups -OCH3 is 1. The van der Waals surface area contributed by atoms with Gasteiger partial charge in [-0.2, -0.15) is 5.10 Å². The monoisotopic (exact) mass is 488 g/mol. The molecule has 0 heterocycles. The number of ether oxygens (including phenoxy) is 2. The van der Waals surface area contributed by atoms with E-state index in [9.17, 15) is 14.4 Å². The standard InChI is InChI=1S/C27H28N4O5/c1-17-12-18(2)25(19(3)13-17)30-24(32)16-36-23-11-6-5-8-20(23)15-28-31-27(34)26(33)29-21-9-7-10-22(14-21)35-4/h5-15H,16H2,1-4H3,(H,29,33)(H,30,32)(H,31,34)/b28-15-. The van der Waals surface area contributed by atoms with Crippen LogP contribution >= 0.6 is 0 Å². The van der Waals surface area contributed by atoms with Crippen molar-refractivity contribution in [1.29, 1.82) is 0 Å². The summed E-state index contributed by atoms with van der Waals surface area (Å²) in [5.74, 6) is -1.21. The maximum atomic E-state index is 12.5. The summed E-state index contributed by atoms with van der Waals surface area (Å²) in [6.07, 6.45) is 1.33. The van der Waals surface area contributed by atoms with Crippen molar-refractivity contribution in [2.24, 2.45) is 5.10 Å². The van der Waals surface area contributed by atoms with Crippen molar-refractivity contribution in [3.05, 3.63) is 82.9 Å². The summed E-state index contributed by atoms with van der Waals surface area (Å²) in [4.78, 5) is 36.7. The minimum atomic E-state index is -0.948. The lowest BCUT2D eigenvalue weighted by molar-refractivity contribution is -0.136. The van der Waals surface area contributed by atoms with Gasteiger partial charge in [-0.05, 0) is 56.2 Å². The predicted octanol–water partition coefficient (Wildman–Crippen LogP) is 3.73. The van der Waals surface area contributed by atoms with Gasteiger partial charge in [0.25, 0.3) is 5.91 Å². The molecule has 0 saturated heterocycles. The Labute approximate surface area is 209 Å². The minimum absolute atomic E-state index is 0.215. The molecule has 36 heavy (non-hydrogen) atoms. The number of hydrogen-bond donors (Lipinski definition) is 3. The molecule has 3 aromatic rings. The zero-order chi connectivity index (χ0) is 26.1. The van der Waals surface area contributed by atoms with E-state index in [4.69, 9.17) is 9.47 Å². The highest BCUT2D eigenvalue weighted by atomic mass is 16.5. The molecule has 0 aliphatic carbocycles. The minimum Gasteiger partial charge on any atom is -0.497 e. The Bertz CT molecular complexity index is 1280. The van der Waals surface area contributed by atoms with Gasteiger partial charge in [-0.1, -0.05) is 35.9 Å². The van der Waals surface area contributed by atoms with Gasteiger partial charge in [0.05, 0.1) is 13.3 Å². The van der Waals surface area contributed by atoms with Crippen LogP contribution in [0.1, 0.15) is 22.3 Å². The van der Waals surface area contributed by atoms with Crippen LogP contribution in [0.2, 0.25) is 0 Å². The van der Waals surface area contributed by atoms with E-state index < -0.39 is 11.8 Å². The average molecular weight is 489 g/mol. The third-order valence-electron chi connectivity index (χ3n) is 5.12. The molecule has 9 heteroatoms. The van der Waals surface area contributed by atoms with Crippen LogP contribution in [0.3, 0.4) is 0 Å². The third kappa shape index (κ3) is 7.17. The molecule has 3 rings (SSSR count). The number of para-hydroxylation sites is 1. The van der Waals surface area contributed by atoms with Gasteiger partial charge in [0, 0.05) is 23.0 Å². The fourth-order valence-corrected chi connectivity index (χ4v) is 3.51. The number of hydrogen-bond acceptors (Lipinski definition) is 6. The summed E-state index contributed by atoms with van der Waals surface area (Å²) >= 11 is 0. The van der Waals surface area contributed by atoms with Crippen molar-refractivity contribution in [1.82, 2.24) is 5.43 Å². The Morgan fingerprint density at radius 1 is 0.889 bits per heavy atom. The molecule has 3 amide bonds. The topological polar surface area (TPSA) is 118 Å². The fraction of sp³-hybridized carbons (Fsp3) is 0.185. The first kappa shape index (κ1) is 26.0. The van der Waals surface area contributed by atoms with E-state index in [1.54, 1.807) is 48.5 Å². The predicted molar refractivity (Wildman–Crippen MR) is 139 cm³/mol. The van der Waals surface area contributed by atoms with Gasteiger partial charge >= 0.3 is 11.8 Å². The summed E-state index contributed by atoms with van der Waals surface area (Å²) in [6, 6.07) is 17.5. The largest absolute Gasteiger partial charge is 0.497 e. The Morgan fingerprint density at radius 3 is 2.33 bits per heavy atom. The van der Waals surface area contributed by atoms with E-state index in [0.29, 0.717) is 22.7 Å². The molecule has 0 unspecified atom stereocenters. The number of hydrazone groups is 1. The summed E-state index contributed by atoms with van der Waals surface area (Å²) in [5.41, 5.74) is 6.93. The Morgan fingerprint density at radius 2 is 1.61 bits per heavy atom. The highest BCUT2D eigenvalue weighted by Crippen LogP contribution is 2.22. The molecule has 0 radical (unpaired) electrons. The molecule has 9 nitrogen and oxygen atoms in total. The highest BCUT2D eigenvalue weighted by Gasteiger charge is 2.14. The maximum absolute atomic E-state index is 12.5. The number of carbonyl (C=O) groups is 3. The molecule has 0 atom stereocenters. The molecule has 186 valence electrons.